The van der Waals surface area contributed by atoms with Gasteiger partial charge in [-0.05, 0) is 53.4 Å². The number of carbonyl (C=O) groups excluding carboxylic acids is 2. The number of halogens is 3. The Balaban J connectivity index is 2.11. The van der Waals surface area contributed by atoms with Gasteiger partial charge < -0.3 is 21.0 Å². The van der Waals surface area contributed by atoms with E-state index in [0.717, 1.165) is 5.56 Å². The second-order valence-electron chi connectivity index (χ2n) is 7.84. The van der Waals surface area contributed by atoms with Crippen LogP contribution in [0.1, 0.15) is 24.5 Å². The Morgan fingerprint density at radius 2 is 1.59 bits per heavy atom. The van der Waals surface area contributed by atoms with Gasteiger partial charge in [0.05, 0.1) is 11.5 Å². The molecule has 0 radical (unpaired) electrons. The van der Waals surface area contributed by atoms with Crippen LogP contribution in [0.5, 0.6) is 5.75 Å². The molecular weight excluding hydrogens is 549 g/mol. The number of nitrogens with two attached hydrogens (primary N) is 2. The number of hydrogen-bond donors (Lipinski definition) is 3. The topological polar surface area (TPSA) is 182 Å². The first-order chi connectivity index (χ1) is 18.3. The molecule has 0 saturated heterocycles. The smallest absolute Gasteiger partial charge is 0.493 e. The molecule has 16 heteroatoms. The van der Waals surface area contributed by atoms with Gasteiger partial charge in [-0.3, -0.25) is 0 Å². The van der Waals surface area contributed by atoms with Crippen LogP contribution in [0.15, 0.2) is 58.6 Å². The molecule has 0 heterocycles. The fraction of sp³-hybridized carbons (Fsp3) is 0.348. The van der Waals surface area contributed by atoms with Crippen molar-refractivity contribution in [2.75, 3.05) is 13.2 Å². The molecule has 214 valence electrons. The lowest BCUT2D eigenvalue weighted by atomic mass is 10.1. The second-order valence-corrected chi connectivity index (χ2v) is 9.56. The minimum atomic E-state index is -5.43. The molecule has 0 spiro atoms. The third-order valence-corrected chi connectivity index (χ3v) is 6.32. The van der Waals surface area contributed by atoms with Gasteiger partial charge in [-0.25, -0.2) is 27.8 Å². The number of rotatable bonds is 13. The van der Waals surface area contributed by atoms with Gasteiger partial charge >= 0.3 is 18.1 Å². The summed E-state index contributed by atoms with van der Waals surface area (Å²) in [7, 11) is -4.32. The van der Waals surface area contributed by atoms with E-state index in [2.05, 4.69) is 19.7 Å². The van der Waals surface area contributed by atoms with Crippen molar-refractivity contribution in [3.05, 3.63) is 59.7 Å². The van der Waals surface area contributed by atoms with Crippen molar-refractivity contribution >= 4 is 27.9 Å². The number of hydrogen-bond acceptors (Lipinski definition) is 9. The summed E-state index contributed by atoms with van der Waals surface area (Å²) in [6.07, 6.45) is -4.69. The summed E-state index contributed by atoms with van der Waals surface area (Å²) in [5.74, 6) is -4.14. The molecule has 0 aliphatic rings. The van der Waals surface area contributed by atoms with Crippen molar-refractivity contribution in [1.29, 1.82) is 0 Å². The van der Waals surface area contributed by atoms with Crippen LogP contribution in [0, 0.1) is 0 Å². The van der Waals surface area contributed by atoms with Crippen molar-refractivity contribution in [3.8, 4) is 5.75 Å². The maximum atomic E-state index is 12.9. The van der Waals surface area contributed by atoms with Crippen LogP contribution < -0.4 is 20.9 Å². The Hall–Kier alpha value is -4.05. The van der Waals surface area contributed by atoms with Crippen LogP contribution >= 0.6 is 0 Å². The summed E-state index contributed by atoms with van der Waals surface area (Å²) in [4.78, 5) is 35.6. The zero-order chi connectivity index (χ0) is 29.1. The first-order valence-electron chi connectivity index (χ1n) is 11.3. The lowest BCUT2D eigenvalue weighted by molar-refractivity contribution is -0.286. The molecule has 0 fully saturated rings. The number of carbonyl (C=O) groups is 2. The Bertz CT molecular complexity index is 1230. The van der Waals surface area contributed by atoms with Gasteiger partial charge in [-0.15, -0.1) is 0 Å². The summed E-state index contributed by atoms with van der Waals surface area (Å²) in [5.41, 5.74) is 11.5. The fourth-order valence-corrected chi connectivity index (χ4v) is 4.09. The van der Waals surface area contributed by atoms with Crippen molar-refractivity contribution in [2.45, 2.75) is 43.3 Å². The molecule has 0 unspecified atom stereocenters. The van der Waals surface area contributed by atoms with Gasteiger partial charge in [0.2, 0.25) is 16.0 Å². The summed E-state index contributed by atoms with van der Waals surface area (Å²) in [6.45, 7) is 2.31. The first-order valence-corrected chi connectivity index (χ1v) is 12.8. The normalized spacial score (nSPS) is 12.2. The van der Waals surface area contributed by atoms with Crippen LogP contribution in [-0.2, 0) is 47.1 Å². The Labute approximate surface area is 222 Å². The van der Waals surface area contributed by atoms with Crippen molar-refractivity contribution in [2.24, 2.45) is 16.6 Å². The molecule has 2 rings (SSSR count). The molecule has 2 aromatic rings. The minimum Gasteiger partial charge on any atom is -0.493 e. The summed E-state index contributed by atoms with van der Waals surface area (Å²) >= 11 is 0. The number of oxime groups is 1. The zero-order valence-electron chi connectivity index (χ0n) is 20.6. The van der Waals surface area contributed by atoms with Crippen LogP contribution in [0.25, 0.3) is 0 Å². The highest BCUT2D eigenvalue weighted by Gasteiger charge is 2.43. The predicted octanol–water partition coefficient (Wildman–Crippen LogP) is 1.68. The molecule has 0 bridgehead atoms. The molecule has 0 aliphatic heterocycles. The van der Waals surface area contributed by atoms with E-state index in [1.165, 1.54) is 36.4 Å². The molecule has 0 aromatic heterocycles. The van der Waals surface area contributed by atoms with Crippen LogP contribution in [-0.4, -0.2) is 51.7 Å². The van der Waals surface area contributed by atoms with E-state index < -0.39 is 34.2 Å². The SMILES string of the molecule is CCc1ccc(S(=O)(=O)N[C@@H](Cc2ccc(OCCCON=C(N)N)cc2)C(=O)OOC(=O)C(F)(F)F)cc1. The number of benzene rings is 2. The molecule has 5 N–H and O–H groups in total. The van der Waals surface area contributed by atoms with Crippen LogP contribution in [0.4, 0.5) is 13.2 Å². The molecule has 12 nitrogen and oxygen atoms in total. The first kappa shape index (κ1) is 31.2. The average molecular weight is 577 g/mol. The highest BCUT2D eigenvalue weighted by molar-refractivity contribution is 7.89. The van der Waals surface area contributed by atoms with E-state index in [1.54, 1.807) is 12.1 Å². The van der Waals surface area contributed by atoms with Gasteiger partial charge in [0.25, 0.3) is 0 Å². The number of ether oxygens (including phenoxy) is 1. The quantitative estimate of drug-likeness (QED) is 0.104. The second kappa shape index (κ2) is 14.2. The maximum Gasteiger partial charge on any atom is 0.495 e. The average Bonchev–Trinajstić information content (AvgIpc) is 2.88. The molecule has 0 amide bonds. The summed E-state index contributed by atoms with van der Waals surface area (Å²) < 4.78 is 70.6. The zero-order valence-corrected chi connectivity index (χ0v) is 21.5. The number of sulfonamides is 1. The lowest BCUT2D eigenvalue weighted by Gasteiger charge is -2.17. The fourth-order valence-electron chi connectivity index (χ4n) is 2.91. The number of nitrogens with one attached hydrogen (secondary N) is 1. The molecule has 39 heavy (non-hydrogen) atoms. The predicted molar refractivity (Wildman–Crippen MR) is 130 cm³/mol. The van der Waals surface area contributed by atoms with Crippen LogP contribution in [0.3, 0.4) is 0 Å². The van der Waals surface area contributed by atoms with Gasteiger partial charge in [0.1, 0.15) is 18.4 Å². The van der Waals surface area contributed by atoms with Crippen molar-refractivity contribution < 1.29 is 50.5 Å². The number of guanidine groups is 1. The van der Waals surface area contributed by atoms with Gasteiger partial charge in [0, 0.05) is 6.42 Å². The Morgan fingerprint density at radius 1 is 0.974 bits per heavy atom. The monoisotopic (exact) mass is 576 g/mol. The summed E-state index contributed by atoms with van der Waals surface area (Å²) in [5, 5.41) is 3.36. The van der Waals surface area contributed by atoms with E-state index >= 15 is 0 Å². The van der Waals surface area contributed by atoms with Crippen LogP contribution in [0.2, 0.25) is 0 Å². The molecule has 2 aromatic carbocycles. The van der Waals surface area contributed by atoms with Gasteiger partial charge in [-0.1, -0.05) is 31.2 Å². The molecule has 1 atom stereocenters. The van der Waals surface area contributed by atoms with Gasteiger partial charge in [-0.2, -0.15) is 17.9 Å². The largest absolute Gasteiger partial charge is 0.495 e. The molecule has 0 aliphatic carbocycles. The molecular formula is C23H27F3N4O8S. The Kier molecular flexibility index (Phi) is 11.3. The minimum absolute atomic E-state index is 0.194. The third-order valence-electron chi connectivity index (χ3n) is 4.84. The highest BCUT2D eigenvalue weighted by Crippen LogP contribution is 2.19. The summed E-state index contributed by atoms with van der Waals surface area (Å²) in [6, 6.07) is 10.0. The van der Waals surface area contributed by atoms with E-state index in [-0.39, 0.29) is 30.5 Å². The maximum absolute atomic E-state index is 12.9. The highest BCUT2D eigenvalue weighted by atomic mass is 32.2. The van der Waals surface area contributed by atoms with Gasteiger partial charge in [0.15, 0.2) is 0 Å². The van der Waals surface area contributed by atoms with E-state index in [1.807, 2.05) is 6.92 Å². The van der Waals surface area contributed by atoms with E-state index in [0.29, 0.717) is 24.2 Å². The van der Waals surface area contributed by atoms with Crippen molar-refractivity contribution in [3.63, 3.8) is 0 Å². The third kappa shape index (κ3) is 10.7. The van der Waals surface area contributed by atoms with E-state index in [4.69, 9.17) is 21.0 Å². The molecule has 0 saturated carbocycles. The van der Waals surface area contributed by atoms with Crippen molar-refractivity contribution in [1.82, 2.24) is 4.72 Å². The van der Waals surface area contributed by atoms with E-state index in [9.17, 15) is 31.2 Å². The number of alkyl halides is 3. The number of nitrogens with zero attached hydrogens (tertiary/aromatic N) is 1. The lowest BCUT2D eigenvalue weighted by Crippen LogP contribution is -2.44. The number of aryl methyl sites for hydroxylation is 1. The standard InChI is InChI=1S/C23H27F3N4O8S/c1-2-15-6-10-18(11-7-15)39(33,34)30-19(20(31)37-38-21(32)23(24,25)26)14-16-4-8-17(9-5-16)35-12-3-13-36-29-22(27)28/h4-11,19,30H,2-3,12-14H2,1H3,(H4,27,28,29)/t19-/m0/s1. The Morgan fingerprint density at radius 3 is 2.15 bits per heavy atom.